The van der Waals surface area contributed by atoms with Crippen LogP contribution in [0.15, 0.2) is 17.2 Å². The molecule has 8 heavy (non-hydrogen) atoms. The van der Waals surface area contributed by atoms with Crippen LogP contribution >= 0.6 is 0 Å². The predicted molar refractivity (Wildman–Crippen MR) is 30.2 cm³/mol. The molecule has 0 aromatic carbocycles. The summed E-state index contributed by atoms with van der Waals surface area (Å²) in [6.45, 7) is 0. The molecule has 0 amide bonds. The van der Waals surface area contributed by atoms with E-state index in [9.17, 15) is 4.79 Å². The number of H-pyrrole nitrogens is 1. The van der Waals surface area contributed by atoms with Gasteiger partial charge in [-0.1, -0.05) is 4.56 Å². The highest BCUT2D eigenvalue weighted by Crippen LogP contribution is 1.53. The minimum Gasteiger partial charge on any atom is -0.313 e. The van der Waals surface area contributed by atoms with E-state index >= 15 is 0 Å². The SMILES string of the molecule is O=c1c[c]([Al])nc[nH]1. The second-order valence-corrected chi connectivity index (χ2v) is 1.93. The lowest BCUT2D eigenvalue weighted by Crippen LogP contribution is -2.17. The number of rotatable bonds is 0. The van der Waals surface area contributed by atoms with Crippen LogP contribution in [0.4, 0.5) is 0 Å². The summed E-state index contributed by atoms with van der Waals surface area (Å²) < 4.78 is 0.661. The van der Waals surface area contributed by atoms with Crippen LogP contribution in [0, 0.1) is 0 Å². The van der Waals surface area contributed by atoms with Crippen LogP contribution in [0.2, 0.25) is 0 Å². The zero-order valence-electron chi connectivity index (χ0n) is 4.09. The first-order chi connectivity index (χ1) is 3.79. The van der Waals surface area contributed by atoms with Crippen molar-refractivity contribution in [2.45, 2.75) is 0 Å². The molecular formula is C4H3AlN2O. The van der Waals surface area contributed by atoms with Gasteiger partial charge in [-0.05, 0) is 0 Å². The highest BCUT2D eigenvalue weighted by atomic mass is 27.0. The van der Waals surface area contributed by atoms with Gasteiger partial charge in [0, 0.05) is 6.07 Å². The third-order valence-electron chi connectivity index (χ3n) is 0.699. The summed E-state index contributed by atoms with van der Waals surface area (Å²) in [7, 11) is 0. The Balaban J connectivity index is 3.28. The van der Waals surface area contributed by atoms with Gasteiger partial charge in [0.25, 0.3) is 0 Å². The molecule has 0 atom stereocenters. The Kier molecular flexibility index (Phi) is 1.47. The van der Waals surface area contributed by atoms with Crippen molar-refractivity contribution in [3.63, 3.8) is 0 Å². The van der Waals surface area contributed by atoms with Crippen LogP contribution in [0.5, 0.6) is 0 Å². The first kappa shape index (κ1) is 5.55. The number of hydrogen-bond donors (Lipinski definition) is 1. The molecule has 0 saturated heterocycles. The summed E-state index contributed by atoms with van der Waals surface area (Å²) in [5.41, 5.74) is -0.120. The van der Waals surface area contributed by atoms with E-state index in [1.807, 2.05) is 0 Å². The molecule has 0 unspecified atom stereocenters. The van der Waals surface area contributed by atoms with Crippen LogP contribution < -0.4 is 10.1 Å². The highest BCUT2D eigenvalue weighted by Gasteiger charge is 1.80. The Morgan fingerprint density at radius 3 is 2.88 bits per heavy atom. The van der Waals surface area contributed by atoms with Crippen LogP contribution in [-0.4, -0.2) is 26.3 Å². The number of hydrogen-bond acceptors (Lipinski definition) is 2. The molecule has 1 aromatic rings. The average Bonchev–Trinajstić information content (AvgIpc) is 1.64. The van der Waals surface area contributed by atoms with E-state index < -0.39 is 0 Å². The minimum atomic E-state index is -0.120. The van der Waals surface area contributed by atoms with Gasteiger partial charge in [-0.25, -0.2) is 0 Å². The van der Waals surface area contributed by atoms with E-state index in [4.69, 9.17) is 0 Å². The summed E-state index contributed by atoms with van der Waals surface area (Å²) in [5.74, 6) is 0. The van der Waals surface area contributed by atoms with Gasteiger partial charge in [-0.2, -0.15) is 0 Å². The molecule has 0 spiro atoms. The van der Waals surface area contributed by atoms with E-state index in [-0.39, 0.29) is 5.56 Å². The molecule has 0 fully saturated rings. The molecule has 0 aliphatic heterocycles. The van der Waals surface area contributed by atoms with Gasteiger partial charge in [0.15, 0.2) is 0 Å². The molecule has 1 N–H and O–H groups in total. The molecule has 38 valence electrons. The van der Waals surface area contributed by atoms with Crippen molar-refractivity contribution in [2.75, 3.05) is 0 Å². The maximum absolute atomic E-state index is 10.4. The van der Waals surface area contributed by atoms with Crippen molar-refractivity contribution in [3.8, 4) is 0 Å². The van der Waals surface area contributed by atoms with E-state index in [0.29, 0.717) is 4.56 Å². The number of aromatic amines is 1. The fourth-order valence-electron chi connectivity index (χ4n) is 0.384. The highest BCUT2D eigenvalue weighted by molar-refractivity contribution is 6.30. The minimum absolute atomic E-state index is 0.120. The molecule has 1 aromatic heterocycles. The van der Waals surface area contributed by atoms with Gasteiger partial charge < -0.3 is 4.98 Å². The maximum atomic E-state index is 10.4. The number of aromatic nitrogens is 2. The van der Waals surface area contributed by atoms with E-state index in [1.165, 1.54) is 12.4 Å². The van der Waals surface area contributed by atoms with E-state index in [2.05, 4.69) is 26.3 Å². The zero-order valence-corrected chi connectivity index (χ0v) is 5.24. The lowest BCUT2D eigenvalue weighted by atomic mass is 10.7. The van der Waals surface area contributed by atoms with Crippen molar-refractivity contribution in [1.29, 1.82) is 0 Å². The Labute approximate surface area is 54.2 Å². The third kappa shape index (κ3) is 1.19. The van der Waals surface area contributed by atoms with Crippen LogP contribution in [0.25, 0.3) is 0 Å². The lowest BCUT2D eigenvalue weighted by molar-refractivity contribution is 1.14. The fraction of sp³-hybridized carbons (Fsp3) is 0. The smallest absolute Gasteiger partial charge is 0.249 e. The van der Waals surface area contributed by atoms with Gasteiger partial charge >= 0.3 is 0 Å². The van der Waals surface area contributed by atoms with Crippen LogP contribution in [0.1, 0.15) is 0 Å². The fourth-order valence-corrected chi connectivity index (χ4v) is 0.610. The molecular weight excluding hydrogens is 119 g/mol. The Morgan fingerprint density at radius 2 is 2.50 bits per heavy atom. The van der Waals surface area contributed by atoms with Gasteiger partial charge in [-0.15, -0.1) is 0 Å². The summed E-state index contributed by atoms with van der Waals surface area (Å²) in [6, 6.07) is 1.41. The van der Waals surface area contributed by atoms with Crippen molar-refractivity contribution in [2.24, 2.45) is 0 Å². The standard InChI is InChI=1S/C4H3N2O.Al/c7-4-1-2-5-3-6-4;/h1,3H,(H,5,6,7);. The summed E-state index contributed by atoms with van der Waals surface area (Å²) >= 11 is 2.33. The lowest BCUT2D eigenvalue weighted by Gasteiger charge is -1.84. The van der Waals surface area contributed by atoms with E-state index in [0.717, 1.165) is 0 Å². The molecule has 3 nitrogen and oxygen atoms in total. The maximum Gasteiger partial charge on any atom is 0.249 e. The molecule has 0 aliphatic carbocycles. The first-order valence-electron chi connectivity index (χ1n) is 2.09. The summed E-state index contributed by atoms with van der Waals surface area (Å²) in [6.07, 6.45) is 1.37. The first-order valence-corrected chi connectivity index (χ1v) is 2.67. The topological polar surface area (TPSA) is 45.8 Å². The monoisotopic (exact) mass is 122 g/mol. The molecule has 2 radical (unpaired) electrons. The molecule has 0 aliphatic rings. The van der Waals surface area contributed by atoms with Crippen LogP contribution in [0.3, 0.4) is 0 Å². The molecule has 0 saturated carbocycles. The van der Waals surface area contributed by atoms with Crippen molar-refractivity contribution >= 4 is 20.8 Å². The van der Waals surface area contributed by atoms with E-state index in [1.54, 1.807) is 0 Å². The quantitative estimate of drug-likeness (QED) is 0.428. The Hall–Kier alpha value is -0.588. The predicted octanol–water partition coefficient (Wildman–Crippen LogP) is -1.44. The van der Waals surface area contributed by atoms with Crippen LogP contribution in [-0.2, 0) is 0 Å². The second-order valence-electron chi connectivity index (χ2n) is 1.34. The van der Waals surface area contributed by atoms with Crippen molar-refractivity contribution in [1.82, 2.24) is 9.97 Å². The van der Waals surface area contributed by atoms with Crippen molar-refractivity contribution in [3.05, 3.63) is 22.7 Å². The molecule has 1 heterocycles. The number of nitrogens with zero attached hydrogens (tertiary/aromatic N) is 1. The Bertz CT molecular complexity index is 231. The molecule has 1 rings (SSSR count). The normalized spacial score (nSPS) is 9.00. The number of nitrogens with one attached hydrogen (secondary N) is 1. The van der Waals surface area contributed by atoms with Crippen molar-refractivity contribution < 1.29 is 0 Å². The van der Waals surface area contributed by atoms with Gasteiger partial charge in [0.1, 0.15) is 0 Å². The Morgan fingerprint density at radius 1 is 1.75 bits per heavy atom. The largest absolute Gasteiger partial charge is 0.313 e. The average molecular weight is 122 g/mol. The second kappa shape index (κ2) is 2.12. The zero-order chi connectivity index (χ0) is 5.98. The van der Waals surface area contributed by atoms with Gasteiger partial charge in [-0.3, -0.25) is 9.78 Å². The van der Waals surface area contributed by atoms with Gasteiger partial charge in [0.2, 0.25) is 21.8 Å². The summed E-state index contributed by atoms with van der Waals surface area (Å²) in [4.78, 5) is 16.5. The molecule has 4 heteroatoms. The van der Waals surface area contributed by atoms with Gasteiger partial charge in [0.05, 0.1) is 6.33 Å². The summed E-state index contributed by atoms with van der Waals surface area (Å²) in [5, 5.41) is 0. The third-order valence-corrected chi connectivity index (χ3v) is 1.02. The molecule has 0 bridgehead atoms.